The van der Waals surface area contributed by atoms with Crippen molar-refractivity contribution in [3.05, 3.63) is 23.5 Å². The molecule has 0 amide bonds. The second-order valence-electron chi connectivity index (χ2n) is 3.78. The number of hydrogen-bond acceptors (Lipinski definition) is 3. The van der Waals surface area contributed by atoms with Gasteiger partial charge in [-0.05, 0) is 19.1 Å². The molecule has 0 saturated carbocycles. The molecule has 6 heteroatoms. The maximum absolute atomic E-state index is 13.6. The van der Waals surface area contributed by atoms with Crippen molar-refractivity contribution in [1.82, 2.24) is 0 Å². The van der Waals surface area contributed by atoms with Gasteiger partial charge in [-0.1, -0.05) is 11.8 Å². The first-order chi connectivity index (χ1) is 7.97. The molecule has 0 bridgehead atoms. The number of fused-ring (bicyclic) bond motifs is 1. The monoisotopic (exact) mass is 260 g/mol. The number of benzene rings is 1. The first kappa shape index (κ1) is 12.2. The van der Waals surface area contributed by atoms with E-state index < -0.39 is 23.4 Å². The van der Waals surface area contributed by atoms with Crippen molar-refractivity contribution in [2.75, 3.05) is 0 Å². The van der Waals surface area contributed by atoms with Crippen LogP contribution in [0.2, 0.25) is 0 Å². The summed E-state index contributed by atoms with van der Waals surface area (Å²) in [5, 5.41) is 8.79. The van der Waals surface area contributed by atoms with Gasteiger partial charge in [-0.2, -0.15) is 0 Å². The van der Waals surface area contributed by atoms with Crippen LogP contribution in [-0.4, -0.2) is 22.7 Å². The first-order valence-corrected chi connectivity index (χ1v) is 5.89. The van der Waals surface area contributed by atoms with Crippen LogP contribution in [0.5, 0.6) is 5.75 Å². The molecule has 1 aliphatic heterocycles. The van der Waals surface area contributed by atoms with E-state index in [1.54, 1.807) is 6.92 Å². The molecule has 92 valence electrons. The van der Waals surface area contributed by atoms with Gasteiger partial charge in [0.25, 0.3) is 0 Å². The highest BCUT2D eigenvalue weighted by molar-refractivity contribution is 7.99. The van der Waals surface area contributed by atoms with Gasteiger partial charge in [0.2, 0.25) is 0 Å². The number of carbonyl (C=O) groups is 1. The quantitative estimate of drug-likeness (QED) is 0.842. The van der Waals surface area contributed by atoms with Crippen molar-refractivity contribution in [1.29, 1.82) is 0 Å². The van der Waals surface area contributed by atoms with Crippen LogP contribution in [0.25, 0.3) is 0 Å². The van der Waals surface area contributed by atoms with Crippen molar-refractivity contribution < 1.29 is 23.4 Å². The Hall–Kier alpha value is -1.30. The second kappa shape index (κ2) is 4.52. The average molecular weight is 260 g/mol. The minimum atomic E-state index is -1.25. The summed E-state index contributed by atoms with van der Waals surface area (Å²) in [5.74, 6) is -2.08. The number of carboxylic acids is 1. The Morgan fingerprint density at radius 2 is 2.29 bits per heavy atom. The lowest BCUT2D eigenvalue weighted by Gasteiger charge is -2.12. The lowest BCUT2D eigenvalue weighted by molar-refractivity contribution is 0.0696. The Kier molecular flexibility index (Phi) is 3.24. The molecule has 0 fully saturated rings. The number of rotatable bonds is 1. The maximum Gasteiger partial charge on any atom is 0.335 e. The van der Waals surface area contributed by atoms with E-state index >= 15 is 0 Å². The predicted molar refractivity (Wildman–Crippen MR) is 58.8 cm³/mol. The zero-order chi connectivity index (χ0) is 12.6. The van der Waals surface area contributed by atoms with E-state index in [1.165, 1.54) is 6.07 Å². The van der Waals surface area contributed by atoms with E-state index in [-0.39, 0.29) is 22.6 Å². The van der Waals surface area contributed by atoms with Gasteiger partial charge >= 0.3 is 5.97 Å². The molecule has 3 nitrogen and oxygen atoms in total. The number of halogens is 2. The number of ether oxygens (including phenoxy) is 1. The van der Waals surface area contributed by atoms with Crippen LogP contribution in [0.3, 0.4) is 0 Å². The molecule has 1 N–H and O–H groups in total. The summed E-state index contributed by atoms with van der Waals surface area (Å²) in [6.45, 7) is 1.65. The normalized spacial score (nSPS) is 23.5. The first-order valence-electron chi connectivity index (χ1n) is 5.01. The van der Waals surface area contributed by atoms with Crippen LogP contribution >= 0.6 is 11.8 Å². The highest BCUT2D eigenvalue weighted by atomic mass is 32.2. The van der Waals surface area contributed by atoms with E-state index in [1.807, 2.05) is 0 Å². The lowest BCUT2D eigenvalue weighted by atomic mass is 10.2. The highest BCUT2D eigenvalue weighted by Crippen LogP contribution is 2.41. The molecule has 0 aromatic heterocycles. The molecule has 17 heavy (non-hydrogen) atoms. The maximum atomic E-state index is 13.6. The van der Waals surface area contributed by atoms with Crippen molar-refractivity contribution in [2.45, 2.75) is 29.8 Å². The molecule has 1 aromatic rings. The summed E-state index contributed by atoms with van der Waals surface area (Å²) in [6, 6.07) is 2.11. The summed E-state index contributed by atoms with van der Waals surface area (Å²) >= 11 is 0.787. The number of thioether (sulfide) groups is 1. The van der Waals surface area contributed by atoms with Gasteiger partial charge in [-0.25, -0.2) is 13.6 Å². The van der Waals surface area contributed by atoms with E-state index in [4.69, 9.17) is 9.84 Å². The Labute approximate surface area is 101 Å². The lowest BCUT2D eigenvalue weighted by Crippen LogP contribution is -2.14. The molecule has 1 aromatic carbocycles. The van der Waals surface area contributed by atoms with Gasteiger partial charge in [0, 0.05) is 6.42 Å². The molecule has 0 saturated heterocycles. The fourth-order valence-electron chi connectivity index (χ4n) is 1.59. The Morgan fingerprint density at radius 1 is 1.59 bits per heavy atom. The van der Waals surface area contributed by atoms with Crippen LogP contribution < -0.4 is 4.74 Å². The smallest absolute Gasteiger partial charge is 0.335 e. The number of carboxylic acid groups (broad SMARTS) is 1. The second-order valence-corrected chi connectivity index (χ2v) is 4.97. The summed E-state index contributed by atoms with van der Waals surface area (Å²) in [5.41, 5.74) is -1.44. The molecule has 2 rings (SSSR count). The van der Waals surface area contributed by atoms with Gasteiger partial charge in [0.1, 0.15) is 0 Å². The highest BCUT2D eigenvalue weighted by Gasteiger charge is 2.26. The van der Waals surface area contributed by atoms with Crippen LogP contribution in [0, 0.1) is 5.82 Å². The number of hydrogen-bond donors (Lipinski definition) is 1. The molecule has 0 spiro atoms. The van der Waals surface area contributed by atoms with E-state index in [0.717, 1.165) is 17.8 Å². The molecular formula is C11H10F2O3S. The van der Waals surface area contributed by atoms with Crippen molar-refractivity contribution in [3.63, 3.8) is 0 Å². The third-order valence-electron chi connectivity index (χ3n) is 2.35. The Bertz CT molecular complexity index is 464. The molecule has 0 aliphatic carbocycles. The Morgan fingerprint density at radius 3 is 2.94 bits per heavy atom. The summed E-state index contributed by atoms with van der Waals surface area (Å²) in [6.07, 6.45) is -0.301. The fourth-order valence-corrected chi connectivity index (χ4v) is 2.68. The molecular weight excluding hydrogens is 250 g/mol. The molecule has 0 radical (unpaired) electrons. The molecule has 1 heterocycles. The summed E-state index contributed by atoms with van der Waals surface area (Å²) in [4.78, 5) is 11.0. The summed E-state index contributed by atoms with van der Waals surface area (Å²) < 4.78 is 32.4. The zero-order valence-electron chi connectivity index (χ0n) is 8.94. The van der Waals surface area contributed by atoms with Gasteiger partial charge in [-0.3, -0.25) is 0 Å². The minimum absolute atomic E-state index is 0.0624. The number of alkyl halides is 1. The van der Waals surface area contributed by atoms with Crippen molar-refractivity contribution in [2.24, 2.45) is 0 Å². The zero-order valence-corrected chi connectivity index (χ0v) is 9.76. The number of aromatic carboxylic acids is 1. The predicted octanol–water partition coefficient (Wildman–Crippen LogP) is 3.08. The third kappa shape index (κ3) is 2.52. The van der Waals surface area contributed by atoms with Crippen LogP contribution in [0.15, 0.2) is 17.0 Å². The molecule has 0 unspecified atom stereocenters. The minimum Gasteiger partial charge on any atom is -0.486 e. The fraction of sp³-hybridized carbons (Fsp3) is 0.364. The topological polar surface area (TPSA) is 46.5 Å². The van der Waals surface area contributed by atoms with Crippen LogP contribution in [0.4, 0.5) is 8.78 Å². The standard InChI is InChI=1S/C11H10F2O3S/c1-5-2-9(13)17-8-4-6(11(14)15)3-7(12)10(8)16-5/h3-5,9H,2H2,1H3,(H,14,15)/t5-,9-/m1/s1. The van der Waals surface area contributed by atoms with E-state index in [2.05, 4.69) is 0 Å². The molecule has 2 atom stereocenters. The van der Waals surface area contributed by atoms with Gasteiger partial charge in [0.05, 0.1) is 16.6 Å². The Balaban J connectivity index is 2.49. The summed E-state index contributed by atoms with van der Waals surface area (Å²) in [7, 11) is 0. The van der Waals surface area contributed by atoms with Crippen molar-refractivity contribution in [3.8, 4) is 5.75 Å². The average Bonchev–Trinajstić information content (AvgIpc) is 2.35. The van der Waals surface area contributed by atoms with Crippen LogP contribution in [-0.2, 0) is 0 Å². The SMILES string of the molecule is C[C@@H]1C[C@H](F)Sc2cc(C(=O)O)cc(F)c2O1. The molecule has 1 aliphatic rings. The van der Waals surface area contributed by atoms with Crippen LogP contribution in [0.1, 0.15) is 23.7 Å². The van der Waals surface area contributed by atoms with E-state index in [9.17, 15) is 13.6 Å². The van der Waals surface area contributed by atoms with Gasteiger partial charge in [0.15, 0.2) is 17.1 Å². The van der Waals surface area contributed by atoms with Gasteiger partial charge < -0.3 is 9.84 Å². The van der Waals surface area contributed by atoms with E-state index in [0.29, 0.717) is 0 Å². The third-order valence-corrected chi connectivity index (χ3v) is 3.35. The van der Waals surface area contributed by atoms with Gasteiger partial charge in [-0.15, -0.1) is 0 Å². The largest absolute Gasteiger partial charge is 0.486 e. The van der Waals surface area contributed by atoms with Crippen molar-refractivity contribution >= 4 is 17.7 Å².